The summed E-state index contributed by atoms with van der Waals surface area (Å²) < 4.78 is 12.4. The van der Waals surface area contributed by atoms with E-state index in [9.17, 15) is 9.00 Å². The van der Waals surface area contributed by atoms with Gasteiger partial charge in [0.1, 0.15) is 0 Å². The first-order chi connectivity index (χ1) is 9.49. The summed E-state index contributed by atoms with van der Waals surface area (Å²) in [6, 6.07) is 13.3. The standard InChI is InChI=1S/C15H12Cl2O2S/c1-10(15(18)11-3-2-4-13(17)9-11)20(19)14-7-5-12(16)6-8-14/h2-10H,1H3. The fraction of sp³-hybridized carbons (Fsp3) is 0.133. The molecule has 0 N–H and O–H groups in total. The minimum Gasteiger partial charge on any atom is -0.293 e. The van der Waals surface area contributed by atoms with Crippen molar-refractivity contribution in [2.75, 3.05) is 0 Å². The highest BCUT2D eigenvalue weighted by molar-refractivity contribution is 7.86. The van der Waals surface area contributed by atoms with Crippen molar-refractivity contribution in [3.05, 3.63) is 64.1 Å². The third-order valence-electron chi connectivity index (χ3n) is 2.85. The van der Waals surface area contributed by atoms with Crippen LogP contribution in [0, 0.1) is 0 Å². The molecule has 2 unspecified atom stereocenters. The maximum atomic E-state index is 12.4. The van der Waals surface area contributed by atoms with E-state index in [1.165, 1.54) is 0 Å². The largest absolute Gasteiger partial charge is 0.293 e. The molecule has 0 aliphatic rings. The van der Waals surface area contributed by atoms with Gasteiger partial charge in [-0.3, -0.25) is 9.00 Å². The van der Waals surface area contributed by atoms with Crippen molar-refractivity contribution in [3.8, 4) is 0 Å². The highest BCUT2D eigenvalue weighted by Gasteiger charge is 2.22. The second kappa shape index (κ2) is 6.53. The third kappa shape index (κ3) is 3.48. The van der Waals surface area contributed by atoms with E-state index >= 15 is 0 Å². The lowest BCUT2D eigenvalue weighted by molar-refractivity contribution is 0.0992. The van der Waals surface area contributed by atoms with Crippen molar-refractivity contribution >= 4 is 39.8 Å². The van der Waals surface area contributed by atoms with Crippen LogP contribution in [0.15, 0.2) is 53.4 Å². The molecule has 0 spiro atoms. The number of benzene rings is 2. The lowest BCUT2D eigenvalue weighted by atomic mass is 10.1. The molecule has 2 aromatic rings. The average Bonchev–Trinajstić information content (AvgIpc) is 2.46. The van der Waals surface area contributed by atoms with Crippen LogP contribution in [0.25, 0.3) is 0 Å². The van der Waals surface area contributed by atoms with E-state index in [0.717, 1.165) is 0 Å². The van der Waals surface area contributed by atoms with Crippen LogP contribution in [0.2, 0.25) is 10.0 Å². The van der Waals surface area contributed by atoms with Gasteiger partial charge in [0.2, 0.25) is 0 Å². The summed E-state index contributed by atoms with van der Waals surface area (Å²) in [5.74, 6) is -0.194. The number of carbonyl (C=O) groups is 1. The first-order valence-corrected chi connectivity index (χ1v) is 7.92. The molecule has 0 aromatic heterocycles. The molecule has 2 atom stereocenters. The maximum Gasteiger partial charge on any atom is 0.178 e. The highest BCUT2D eigenvalue weighted by atomic mass is 35.5. The molecule has 0 aliphatic carbocycles. The lowest BCUT2D eigenvalue weighted by Crippen LogP contribution is -2.22. The molecule has 2 aromatic carbocycles. The zero-order valence-corrected chi connectivity index (χ0v) is 13.0. The summed E-state index contributed by atoms with van der Waals surface area (Å²) in [7, 11) is -1.42. The Hall–Kier alpha value is -1.16. The Labute approximate surface area is 130 Å². The molecule has 2 nitrogen and oxygen atoms in total. The van der Waals surface area contributed by atoms with Crippen molar-refractivity contribution in [2.45, 2.75) is 17.1 Å². The van der Waals surface area contributed by atoms with Crippen LogP contribution in [-0.2, 0) is 10.8 Å². The molecule has 0 heterocycles. The molecule has 20 heavy (non-hydrogen) atoms. The van der Waals surface area contributed by atoms with E-state index in [-0.39, 0.29) is 5.78 Å². The molecule has 2 rings (SSSR count). The summed E-state index contributed by atoms with van der Waals surface area (Å²) in [5, 5.41) is 0.412. The predicted molar refractivity (Wildman–Crippen MR) is 83.1 cm³/mol. The van der Waals surface area contributed by atoms with Gasteiger partial charge in [-0.15, -0.1) is 0 Å². The van der Waals surface area contributed by atoms with Gasteiger partial charge in [0.15, 0.2) is 5.78 Å². The summed E-state index contributed by atoms with van der Waals surface area (Å²) >= 11 is 11.7. The zero-order valence-electron chi connectivity index (χ0n) is 10.7. The van der Waals surface area contributed by atoms with Crippen LogP contribution in [0.4, 0.5) is 0 Å². The van der Waals surface area contributed by atoms with Gasteiger partial charge in [0.25, 0.3) is 0 Å². The normalized spacial score (nSPS) is 13.8. The van der Waals surface area contributed by atoms with Crippen molar-refractivity contribution < 1.29 is 9.00 Å². The van der Waals surface area contributed by atoms with Gasteiger partial charge in [-0.25, -0.2) is 0 Å². The molecule has 0 saturated carbocycles. The minimum absolute atomic E-state index is 0.194. The van der Waals surface area contributed by atoms with Crippen molar-refractivity contribution in [3.63, 3.8) is 0 Å². The minimum atomic E-state index is -1.42. The van der Waals surface area contributed by atoms with Crippen LogP contribution in [0.3, 0.4) is 0 Å². The molecule has 5 heteroatoms. The van der Waals surface area contributed by atoms with Crippen molar-refractivity contribution in [1.29, 1.82) is 0 Å². The smallest absolute Gasteiger partial charge is 0.178 e. The molecular weight excluding hydrogens is 315 g/mol. The number of rotatable bonds is 4. The van der Waals surface area contributed by atoms with Gasteiger partial charge in [0, 0.05) is 20.5 Å². The molecule has 0 amide bonds. The molecule has 0 radical (unpaired) electrons. The zero-order chi connectivity index (χ0) is 14.7. The molecule has 0 aliphatic heterocycles. The van der Waals surface area contributed by atoms with Crippen LogP contribution < -0.4 is 0 Å². The van der Waals surface area contributed by atoms with Gasteiger partial charge in [-0.2, -0.15) is 0 Å². The average molecular weight is 327 g/mol. The van der Waals surface area contributed by atoms with Gasteiger partial charge in [-0.1, -0.05) is 35.3 Å². The van der Waals surface area contributed by atoms with Crippen molar-refractivity contribution in [1.82, 2.24) is 0 Å². The van der Waals surface area contributed by atoms with E-state index < -0.39 is 16.0 Å². The number of halogens is 2. The van der Waals surface area contributed by atoms with Crippen LogP contribution in [-0.4, -0.2) is 15.2 Å². The summed E-state index contributed by atoms with van der Waals surface area (Å²) in [5.41, 5.74) is 0.465. The van der Waals surface area contributed by atoms with Gasteiger partial charge in [0.05, 0.1) is 16.0 Å². The molecule has 104 valence electrons. The van der Waals surface area contributed by atoms with Crippen LogP contribution in [0.1, 0.15) is 17.3 Å². The van der Waals surface area contributed by atoms with Gasteiger partial charge in [-0.05, 0) is 43.3 Å². The second-order valence-electron chi connectivity index (χ2n) is 4.27. The quantitative estimate of drug-likeness (QED) is 0.781. The maximum absolute atomic E-state index is 12.4. The molecular formula is C15H12Cl2O2S. The van der Waals surface area contributed by atoms with E-state index in [0.29, 0.717) is 20.5 Å². The first kappa shape index (κ1) is 15.2. The monoisotopic (exact) mass is 326 g/mol. The van der Waals surface area contributed by atoms with Crippen LogP contribution in [0.5, 0.6) is 0 Å². The van der Waals surface area contributed by atoms with E-state index in [4.69, 9.17) is 23.2 Å². The Morgan fingerprint density at radius 3 is 2.30 bits per heavy atom. The Bertz CT molecular complexity index is 653. The number of hydrogen-bond acceptors (Lipinski definition) is 2. The van der Waals surface area contributed by atoms with Gasteiger partial charge >= 0.3 is 0 Å². The van der Waals surface area contributed by atoms with Crippen LogP contribution >= 0.6 is 23.2 Å². The first-order valence-electron chi connectivity index (χ1n) is 5.95. The summed E-state index contributed by atoms with van der Waals surface area (Å²) in [4.78, 5) is 12.9. The lowest BCUT2D eigenvalue weighted by Gasteiger charge is -2.11. The third-order valence-corrected chi connectivity index (χ3v) is 4.93. The fourth-order valence-electron chi connectivity index (χ4n) is 1.75. The van der Waals surface area contributed by atoms with Gasteiger partial charge < -0.3 is 0 Å². The molecule has 0 bridgehead atoms. The Balaban J connectivity index is 2.22. The van der Waals surface area contributed by atoms with E-state index in [2.05, 4.69) is 0 Å². The topological polar surface area (TPSA) is 34.1 Å². The summed E-state index contributed by atoms with van der Waals surface area (Å²) in [6.07, 6.45) is 0. The number of Topliss-reactive ketones (excluding diaryl/α,β-unsaturated/α-hetero) is 1. The Morgan fingerprint density at radius 1 is 1.05 bits per heavy atom. The summed E-state index contributed by atoms with van der Waals surface area (Å²) in [6.45, 7) is 1.65. The predicted octanol–water partition coefficient (Wildman–Crippen LogP) is 4.37. The molecule has 0 saturated heterocycles. The fourth-order valence-corrected chi connectivity index (χ4v) is 3.21. The van der Waals surface area contributed by atoms with E-state index in [1.54, 1.807) is 55.5 Å². The molecule has 0 fully saturated rings. The Kier molecular flexibility index (Phi) is 4.97. The number of hydrogen-bond donors (Lipinski definition) is 0. The Morgan fingerprint density at radius 2 is 1.70 bits per heavy atom. The number of ketones is 1. The highest BCUT2D eigenvalue weighted by Crippen LogP contribution is 2.19. The van der Waals surface area contributed by atoms with Crippen molar-refractivity contribution in [2.24, 2.45) is 0 Å². The van der Waals surface area contributed by atoms with E-state index in [1.807, 2.05) is 0 Å². The second-order valence-corrected chi connectivity index (χ2v) is 6.91. The number of carbonyl (C=O) groups excluding carboxylic acids is 1. The SMILES string of the molecule is CC(C(=O)c1cccc(Cl)c1)S(=O)c1ccc(Cl)cc1.